The first kappa shape index (κ1) is 16.0. The number of ether oxygens (including phenoxy) is 1. The monoisotopic (exact) mass is 322 g/mol. The predicted octanol–water partition coefficient (Wildman–Crippen LogP) is 2.59. The minimum absolute atomic E-state index is 0.107. The van der Waals surface area contributed by atoms with Gasteiger partial charge in [0.2, 0.25) is 0 Å². The summed E-state index contributed by atoms with van der Waals surface area (Å²) in [5, 5.41) is 9.35. The van der Waals surface area contributed by atoms with Gasteiger partial charge in [-0.2, -0.15) is 5.26 Å². The third-order valence-corrected chi connectivity index (χ3v) is 4.34. The van der Waals surface area contributed by atoms with Crippen LogP contribution in [0.15, 0.2) is 41.5 Å². The van der Waals surface area contributed by atoms with E-state index in [1.807, 2.05) is 44.2 Å². The molecule has 0 saturated heterocycles. The Kier molecular flexibility index (Phi) is 3.76. The van der Waals surface area contributed by atoms with E-state index in [1.54, 1.807) is 17.9 Å². The van der Waals surface area contributed by atoms with E-state index in [4.69, 9.17) is 4.74 Å². The lowest BCUT2D eigenvalue weighted by atomic mass is 9.84. The van der Waals surface area contributed by atoms with Gasteiger partial charge in [0, 0.05) is 11.1 Å². The van der Waals surface area contributed by atoms with Crippen LogP contribution in [0.4, 0.5) is 0 Å². The maximum atomic E-state index is 12.9. The zero-order chi connectivity index (χ0) is 17.5. The van der Waals surface area contributed by atoms with Gasteiger partial charge in [-0.15, -0.1) is 0 Å². The Balaban J connectivity index is 2.20. The summed E-state index contributed by atoms with van der Waals surface area (Å²) in [7, 11) is 0. The number of nitrogens with zero attached hydrogens (tertiary/aromatic N) is 2. The van der Waals surface area contributed by atoms with Crippen molar-refractivity contribution >= 4 is 17.6 Å². The Morgan fingerprint density at radius 2 is 2.08 bits per heavy atom. The van der Waals surface area contributed by atoms with Crippen molar-refractivity contribution in [3.05, 3.63) is 52.6 Å². The highest BCUT2D eigenvalue weighted by Gasteiger charge is 2.45. The van der Waals surface area contributed by atoms with Gasteiger partial charge in [0.25, 0.3) is 5.91 Å². The molecular weight excluding hydrogens is 304 g/mol. The summed E-state index contributed by atoms with van der Waals surface area (Å²) in [5.41, 5.74) is 2.27. The molecule has 0 unspecified atom stereocenters. The van der Waals surface area contributed by atoms with Crippen LogP contribution in [0.2, 0.25) is 0 Å². The average molecular weight is 322 g/mol. The summed E-state index contributed by atoms with van der Waals surface area (Å²) in [6.45, 7) is 5.78. The van der Waals surface area contributed by atoms with E-state index in [-0.39, 0.29) is 23.7 Å². The molecule has 0 spiro atoms. The van der Waals surface area contributed by atoms with Crippen molar-refractivity contribution < 1.29 is 14.3 Å². The van der Waals surface area contributed by atoms with Gasteiger partial charge in [-0.25, -0.2) is 4.79 Å². The quantitative estimate of drug-likeness (QED) is 0.477. The fourth-order valence-corrected chi connectivity index (χ4v) is 3.36. The molecule has 2 aliphatic heterocycles. The SMILES string of the molecule is CCOC(=O)C(C#N)=C1C=C2c3ccccc3CC(C)(C)N2C1=O. The topological polar surface area (TPSA) is 70.4 Å². The number of amides is 1. The summed E-state index contributed by atoms with van der Waals surface area (Å²) in [6.07, 6.45) is 2.35. The fourth-order valence-electron chi connectivity index (χ4n) is 3.36. The first-order chi connectivity index (χ1) is 11.4. The summed E-state index contributed by atoms with van der Waals surface area (Å²) < 4.78 is 4.91. The first-order valence-corrected chi connectivity index (χ1v) is 7.86. The highest BCUT2D eigenvalue weighted by atomic mass is 16.5. The smallest absolute Gasteiger partial charge is 0.349 e. The number of rotatable bonds is 2. The van der Waals surface area contributed by atoms with Crippen molar-refractivity contribution in [1.82, 2.24) is 4.90 Å². The van der Waals surface area contributed by atoms with E-state index in [9.17, 15) is 14.9 Å². The molecule has 122 valence electrons. The lowest BCUT2D eigenvalue weighted by molar-refractivity contribution is -0.138. The van der Waals surface area contributed by atoms with Gasteiger partial charge in [0.05, 0.1) is 17.9 Å². The maximum Gasteiger partial charge on any atom is 0.349 e. The van der Waals surface area contributed by atoms with Crippen LogP contribution in [0.5, 0.6) is 0 Å². The zero-order valence-corrected chi connectivity index (χ0v) is 13.9. The summed E-state index contributed by atoms with van der Waals surface area (Å²) in [6, 6.07) is 9.71. The normalized spacial score (nSPS) is 19.8. The van der Waals surface area contributed by atoms with Gasteiger partial charge in [-0.3, -0.25) is 4.79 Å². The van der Waals surface area contributed by atoms with Crippen molar-refractivity contribution in [2.75, 3.05) is 6.61 Å². The van der Waals surface area contributed by atoms with Crippen molar-refractivity contribution in [1.29, 1.82) is 5.26 Å². The largest absolute Gasteiger partial charge is 0.462 e. The molecule has 0 aromatic heterocycles. The predicted molar refractivity (Wildman–Crippen MR) is 88.3 cm³/mol. The second-order valence-corrected chi connectivity index (χ2v) is 6.44. The number of carbonyl (C=O) groups is 2. The van der Waals surface area contributed by atoms with E-state index >= 15 is 0 Å². The number of nitriles is 1. The van der Waals surface area contributed by atoms with E-state index in [2.05, 4.69) is 0 Å². The third kappa shape index (κ3) is 2.31. The van der Waals surface area contributed by atoms with Crippen LogP contribution in [-0.2, 0) is 20.7 Å². The Bertz CT molecular complexity index is 840. The van der Waals surface area contributed by atoms with Gasteiger partial charge in [-0.05, 0) is 38.8 Å². The molecule has 5 heteroatoms. The molecule has 1 amide bonds. The van der Waals surface area contributed by atoms with E-state index in [0.29, 0.717) is 6.42 Å². The molecule has 1 aromatic carbocycles. The molecule has 24 heavy (non-hydrogen) atoms. The van der Waals surface area contributed by atoms with Crippen LogP contribution in [0.25, 0.3) is 5.70 Å². The Morgan fingerprint density at radius 3 is 2.75 bits per heavy atom. The minimum Gasteiger partial charge on any atom is -0.462 e. The second kappa shape index (κ2) is 5.64. The lowest BCUT2D eigenvalue weighted by Gasteiger charge is -2.42. The van der Waals surface area contributed by atoms with E-state index in [1.165, 1.54) is 0 Å². The molecule has 2 heterocycles. The fraction of sp³-hybridized carbons (Fsp3) is 0.316. The van der Waals surface area contributed by atoms with Crippen molar-refractivity contribution in [3.63, 3.8) is 0 Å². The van der Waals surface area contributed by atoms with Crippen LogP contribution in [0.3, 0.4) is 0 Å². The van der Waals surface area contributed by atoms with Crippen LogP contribution < -0.4 is 0 Å². The van der Waals surface area contributed by atoms with Crippen molar-refractivity contribution in [3.8, 4) is 6.07 Å². The molecule has 3 rings (SSSR count). The van der Waals surface area contributed by atoms with Gasteiger partial charge < -0.3 is 9.64 Å². The van der Waals surface area contributed by atoms with Crippen LogP contribution in [0, 0.1) is 11.3 Å². The second-order valence-electron chi connectivity index (χ2n) is 6.44. The zero-order valence-electron chi connectivity index (χ0n) is 13.9. The standard InChI is InChI=1S/C19H18N2O3/c1-4-24-18(23)15(11-20)14-9-16-13-8-6-5-7-12(13)10-19(2,3)21(16)17(14)22/h5-9H,4,10H2,1-3H3. The molecule has 0 radical (unpaired) electrons. The van der Waals surface area contributed by atoms with E-state index in [0.717, 1.165) is 16.8 Å². The van der Waals surface area contributed by atoms with Crippen LogP contribution in [0.1, 0.15) is 31.9 Å². The molecule has 0 N–H and O–H groups in total. The molecular formula is C19H18N2O3. The van der Waals surface area contributed by atoms with Crippen LogP contribution in [-0.4, -0.2) is 28.9 Å². The first-order valence-electron chi connectivity index (χ1n) is 7.86. The van der Waals surface area contributed by atoms with Gasteiger partial charge in [-0.1, -0.05) is 24.3 Å². The molecule has 0 aliphatic carbocycles. The number of hydrogen-bond acceptors (Lipinski definition) is 4. The average Bonchev–Trinajstić information content (AvgIpc) is 2.87. The molecule has 5 nitrogen and oxygen atoms in total. The molecule has 0 saturated carbocycles. The van der Waals surface area contributed by atoms with Crippen LogP contribution >= 0.6 is 0 Å². The Morgan fingerprint density at radius 1 is 1.38 bits per heavy atom. The highest BCUT2D eigenvalue weighted by molar-refractivity contribution is 6.14. The van der Waals surface area contributed by atoms with Crippen molar-refractivity contribution in [2.45, 2.75) is 32.7 Å². The van der Waals surface area contributed by atoms with Crippen molar-refractivity contribution in [2.24, 2.45) is 0 Å². The number of esters is 1. The Labute approximate surface area is 140 Å². The summed E-state index contributed by atoms with van der Waals surface area (Å²) in [4.78, 5) is 26.6. The highest BCUT2D eigenvalue weighted by Crippen LogP contribution is 2.43. The van der Waals surface area contributed by atoms with Gasteiger partial charge in [0.15, 0.2) is 0 Å². The molecule has 0 bridgehead atoms. The third-order valence-electron chi connectivity index (χ3n) is 4.34. The molecule has 0 atom stereocenters. The number of benzene rings is 1. The lowest BCUT2D eigenvalue weighted by Crippen LogP contribution is -2.48. The summed E-state index contributed by atoms with van der Waals surface area (Å²) in [5.74, 6) is -1.08. The number of carbonyl (C=O) groups excluding carboxylic acids is 2. The molecule has 1 aromatic rings. The minimum atomic E-state index is -0.758. The maximum absolute atomic E-state index is 12.9. The summed E-state index contributed by atoms with van der Waals surface area (Å²) >= 11 is 0. The number of fused-ring (bicyclic) bond motifs is 3. The van der Waals surface area contributed by atoms with E-state index < -0.39 is 11.5 Å². The number of hydrogen-bond donors (Lipinski definition) is 0. The molecule has 2 aliphatic rings. The Hall–Kier alpha value is -2.87. The van der Waals surface area contributed by atoms with Gasteiger partial charge in [0.1, 0.15) is 11.6 Å². The van der Waals surface area contributed by atoms with Gasteiger partial charge >= 0.3 is 5.97 Å². The molecule has 0 fully saturated rings.